The topological polar surface area (TPSA) is 95.4 Å². The van der Waals surface area contributed by atoms with Crippen molar-refractivity contribution in [3.63, 3.8) is 0 Å². The average Bonchev–Trinajstić information content (AvgIpc) is 2.43. The Morgan fingerprint density at radius 2 is 0.737 bits per heavy atom. The van der Waals surface area contributed by atoms with E-state index < -0.39 is 0 Å². The first kappa shape index (κ1) is 21.1. The van der Waals surface area contributed by atoms with Crippen molar-refractivity contribution in [3.05, 3.63) is 0 Å². The second-order valence-electron chi connectivity index (χ2n) is 5.05. The van der Waals surface area contributed by atoms with Crippen LogP contribution in [-0.2, 0) is 0 Å². The molecule has 2 aliphatic carbocycles. The number of nitrogens with one attached hydrogen (secondary N) is 4. The summed E-state index contributed by atoms with van der Waals surface area (Å²) in [6, 6.07) is 2.50. The SMILES string of the molecule is C1CCC(C2CCCCC2)CC1.N=C=N.N=C=N.[NaH]. The van der Waals surface area contributed by atoms with Crippen molar-refractivity contribution >= 4 is 41.6 Å². The van der Waals surface area contributed by atoms with Crippen molar-refractivity contribution in [1.82, 2.24) is 0 Å². The molecule has 4 nitrogen and oxygen atoms in total. The Labute approximate surface area is 139 Å². The minimum absolute atomic E-state index is 0. The van der Waals surface area contributed by atoms with Gasteiger partial charge in [-0.15, -0.1) is 0 Å². The van der Waals surface area contributed by atoms with Gasteiger partial charge in [0.05, 0.1) is 12.0 Å². The molecule has 104 valence electrons. The molecule has 0 amide bonds. The van der Waals surface area contributed by atoms with Crippen LogP contribution in [-0.4, -0.2) is 41.6 Å². The minimum atomic E-state index is 0. The van der Waals surface area contributed by atoms with E-state index in [1.807, 2.05) is 0 Å². The van der Waals surface area contributed by atoms with Gasteiger partial charge in [-0.05, 0) is 11.8 Å². The van der Waals surface area contributed by atoms with Gasteiger partial charge in [-0.1, -0.05) is 64.2 Å². The van der Waals surface area contributed by atoms with Gasteiger partial charge < -0.3 is 0 Å². The fraction of sp³-hybridized carbons (Fsp3) is 0.857. The summed E-state index contributed by atoms with van der Waals surface area (Å²) in [6.45, 7) is 0. The normalized spacial score (nSPS) is 19.2. The third kappa shape index (κ3) is 11.3. The van der Waals surface area contributed by atoms with E-state index in [0.717, 1.165) is 11.8 Å². The fourth-order valence-electron chi connectivity index (χ4n) is 3.21. The molecule has 0 aromatic rings. The van der Waals surface area contributed by atoms with Gasteiger partial charge in [0, 0.05) is 0 Å². The van der Waals surface area contributed by atoms with Crippen LogP contribution in [0.3, 0.4) is 0 Å². The second kappa shape index (κ2) is 15.8. The fourth-order valence-corrected chi connectivity index (χ4v) is 3.21. The van der Waals surface area contributed by atoms with Crippen molar-refractivity contribution in [1.29, 1.82) is 21.6 Å². The Kier molecular flexibility index (Phi) is 17.5. The second-order valence-corrected chi connectivity index (χ2v) is 5.05. The van der Waals surface area contributed by atoms with Crippen LogP contribution in [0.15, 0.2) is 0 Å². The summed E-state index contributed by atoms with van der Waals surface area (Å²) in [5, 5.41) is 22.5. The molecular weight excluding hydrogens is 247 g/mol. The summed E-state index contributed by atoms with van der Waals surface area (Å²) < 4.78 is 0. The molecule has 4 N–H and O–H groups in total. The summed E-state index contributed by atoms with van der Waals surface area (Å²) in [5.74, 6) is 2.28. The van der Waals surface area contributed by atoms with Crippen LogP contribution in [0.2, 0.25) is 0 Å². The molecule has 0 aromatic heterocycles. The van der Waals surface area contributed by atoms with Crippen molar-refractivity contribution in [3.8, 4) is 0 Å². The summed E-state index contributed by atoms with van der Waals surface area (Å²) in [5.41, 5.74) is 0. The Hall–Kier alpha value is -0.240. The van der Waals surface area contributed by atoms with Crippen LogP contribution in [0.1, 0.15) is 64.2 Å². The zero-order chi connectivity index (χ0) is 13.6. The molecule has 2 aliphatic rings. The standard InChI is InChI=1S/C12H22.2CH2N2.Na.H/c1-3-7-11(8-4-1)12-9-5-2-6-10-12;2*2-1-3;;/h11-12H,1-10H2;2*2-3H;;. The predicted molar refractivity (Wildman–Crippen MR) is 81.2 cm³/mol. The van der Waals surface area contributed by atoms with Gasteiger partial charge in [0.1, 0.15) is 0 Å². The number of rotatable bonds is 1. The average molecular weight is 274 g/mol. The van der Waals surface area contributed by atoms with Gasteiger partial charge in [0.15, 0.2) is 0 Å². The van der Waals surface area contributed by atoms with E-state index in [1.54, 1.807) is 25.7 Å². The van der Waals surface area contributed by atoms with E-state index in [-0.39, 0.29) is 29.6 Å². The summed E-state index contributed by atoms with van der Waals surface area (Å²) in [4.78, 5) is 0. The molecule has 0 aliphatic heterocycles. The molecule has 0 unspecified atom stereocenters. The summed E-state index contributed by atoms with van der Waals surface area (Å²) in [6.07, 6.45) is 15.4. The summed E-state index contributed by atoms with van der Waals surface area (Å²) in [7, 11) is 0. The molecule has 0 radical (unpaired) electrons. The molecule has 0 atom stereocenters. The van der Waals surface area contributed by atoms with E-state index in [1.165, 1.54) is 50.5 Å². The molecular formula is C14H27N4Na. The van der Waals surface area contributed by atoms with Crippen molar-refractivity contribution in [2.24, 2.45) is 11.8 Å². The molecule has 0 saturated heterocycles. The molecule has 2 saturated carbocycles. The molecule has 2 fully saturated rings. The Bertz CT molecular complexity index is 229. The summed E-state index contributed by atoms with van der Waals surface area (Å²) >= 11 is 0. The number of hydrogen-bond acceptors (Lipinski definition) is 4. The van der Waals surface area contributed by atoms with Crippen LogP contribution < -0.4 is 0 Å². The van der Waals surface area contributed by atoms with Gasteiger partial charge in [-0.3, -0.25) is 0 Å². The van der Waals surface area contributed by atoms with Crippen molar-refractivity contribution in [2.45, 2.75) is 64.2 Å². The molecule has 0 spiro atoms. The van der Waals surface area contributed by atoms with Crippen molar-refractivity contribution < 1.29 is 0 Å². The van der Waals surface area contributed by atoms with Gasteiger partial charge in [0.2, 0.25) is 0 Å². The Morgan fingerprint density at radius 3 is 0.947 bits per heavy atom. The maximum atomic E-state index is 5.62. The Morgan fingerprint density at radius 1 is 0.526 bits per heavy atom. The van der Waals surface area contributed by atoms with Crippen LogP contribution in [0.25, 0.3) is 0 Å². The van der Waals surface area contributed by atoms with Crippen molar-refractivity contribution in [2.75, 3.05) is 0 Å². The molecule has 19 heavy (non-hydrogen) atoms. The van der Waals surface area contributed by atoms with Gasteiger partial charge >= 0.3 is 29.6 Å². The van der Waals surface area contributed by atoms with E-state index in [4.69, 9.17) is 21.6 Å². The third-order valence-corrected chi connectivity index (χ3v) is 3.97. The molecule has 0 aromatic carbocycles. The monoisotopic (exact) mass is 274 g/mol. The Balaban J connectivity index is 0. The van der Waals surface area contributed by atoms with Crippen LogP contribution in [0, 0.1) is 33.5 Å². The third-order valence-electron chi connectivity index (χ3n) is 3.97. The van der Waals surface area contributed by atoms with Crippen LogP contribution in [0.4, 0.5) is 0 Å². The number of hydrogen-bond donors (Lipinski definition) is 4. The van der Waals surface area contributed by atoms with Crippen LogP contribution >= 0.6 is 0 Å². The predicted octanol–water partition coefficient (Wildman–Crippen LogP) is 4.13. The first-order valence-electron chi connectivity index (χ1n) is 6.97. The first-order valence-corrected chi connectivity index (χ1v) is 6.97. The van der Waals surface area contributed by atoms with Crippen LogP contribution in [0.5, 0.6) is 0 Å². The van der Waals surface area contributed by atoms with Gasteiger partial charge in [-0.2, -0.15) is 0 Å². The van der Waals surface area contributed by atoms with E-state index in [0.29, 0.717) is 0 Å². The molecule has 0 heterocycles. The zero-order valence-electron chi connectivity index (χ0n) is 11.2. The maximum absolute atomic E-state index is 5.62. The molecule has 2 rings (SSSR count). The van der Waals surface area contributed by atoms with Gasteiger partial charge in [0.25, 0.3) is 0 Å². The van der Waals surface area contributed by atoms with Gasteiger partial charge in [-0.25, -0.2) is 21.6 Å². The van der Waals surface area contributed by atoms with E-state index >= 15 is 0 Å². The zero-order valence-corrected chi connectivity index (χ0v) is 11.2. The quantitative estimate of drug-likeness (QED) is 0.408. The van der Waals surface area contributed by atoms with E-state index in [9.17, 15) is 0 Å². The molecule has 0 bridgehead atoms. The van der Waals surface area contributed by atoms with E-state index in [2.05, 4.69) is 0 Å². The molecule has 5 heteroatoms. The first-order chi connectivity index (χ1) is 8.79.